The summed E-state index contributed by atoms with van der Waals surface area (Å²) < 4.78 is 24.0. The van der Waals surface area contributed by atoms with Gasteiger partial charge in [-0.15, -0.1) is 0 Å². The Hall–Kier alpha value is -2.23. The number of alkyl halides is 1. The van der Waals surface area contributed by atoms with Gasteiger partial charge in [-0.05, 0) is 26.7 Å². The number of rotatable bonds is 13. The molecular weight excluding hydrogens is 367 g/mol. The second kappa shape index (κ2) is 12.2. The maximum atomic E-state index is 14.5. The molecule has 0 aromatic rings. The van der Waals surface area contributed by atoms with Gasteiger partial charge in [0.1, 0.15) is 11.8 Å². The molecule has 0 saturated carbocycles. The van der Waals surface area contributed by atoms with Gasteiger partial charge in [-0.1, -0.05) is 6.92 Å². The minimum Gasteiger partial charge on any atom is -0.481 e. The summed E-state index contributed by atoms with van der Waals surface area (Å²) in [5.74, 6) is -3.38. The maximum Gasteiger partial charge on any atom is 0.342 e. The van der Waals surface area contributed by atoms with Crippen molar-refractivity contribution in [2.24, 2.45) is 0 Å². The maximum absolute atomic E-state index is 14.5. The minimum absolute atomic E-state index is 0.0621. The Labute approximate surface area is 157 Å². The third-order valence-corrected chi connectivity index (χ3v) is 3.58. The quantitative estimate of drug-likeness (QED) is 0.216. The van der Waals surface area contributed by atoms with Crippen LogP contribution in [0, 0.1) is 0 Å². The van der Waals surface area contributed by atoms with Crippen molar-refractivity contribution in [3.8, 4) is 0 Å². The zero-order chi connectivity index (χ0) is 21.0. The molecule has 0 aromatic carbocycles. The Morgan fingerprint density at radius 3 is 2.19 bits per heavy atom. The lowest BCUT2D eigenvalue weighted by Crippen LogP contribution is -2.42. The van der Waals surface area contributed by atoms with E-state index in [1.807, 2.05) is 0 Å². The summed E-state index contributed by atoms with van der Waals surface area (Å²) in [5.41, 5.74) is -1.52. The van der Waals surface area contributed by atoms with E-state index in [1.165, 1.54) is 13.8 Å². The highest BCUT2D eigenvalue weighted by molar-refractivity contribution is 5.75. The lowest BCUT2D eigenvalue weighted by atomic mass is 9.97. The number of unbranched alkanes of at least 4 members (excludes halogenated alkanes) is 1. The van der Waals surface area contributed by atoms with Crippen molar-refractivity contribution in [1.29, 1.82) is 0 Å². The van der Waals surface area contributed by atoms with Crippen molar-refractivity contribution in [2.45, 2.75) is 77.2 Å². The number of carboxylic acids is 1. The van der Waals surface area contributed by atoms with Crippen molar-refractivity contribution < 1.29 is 47.9 Å². The predicted octanol–water partition coefficient (Wildman–Crippen LogP) is 2.11. The fourth-order valence-electron chi connectivity index (χ4n) is 1.91. The Kier molecular flexibility index (Phi) is 11.2. The molecule has 0 rings (SSSR count). The van der Waals surface area contributed by atoms with Crippen LogP contribution >= 0.6 is 0 Å². The molecule has 27 heavy (non-hydrogen) atoms. The van der Waals surface area contributed by atoms with E-state index < -0.39 is 48.2 Å². The van der Waals surface area contributed by atoms with Crippen LogP contribution in [0.4, 0.5) is 4.39 Å². The molecule has 0 aliphatic carbocycles. The molecule has 0 aliphatic rings. The van der Waals surface area contributed by atoms with Crippen LogP contribution in [0.15, 0.2) is 0 Å². The second-order valence-electron chi connectivity index (χ2n) is 6.30. The van der Waals surface area contributed by atoms with Gasteiger partial charge in [0.2, 0.25) is 6.10 Å². The molecule has 0 spiro atoms. The molecule has 2 unspecified atom stereocenters. The molecular formula is C17H27FO9. The first-order valence-corrected chi connectivity index (χ1v) is 8.55. The van der Waals surface area contributed by atoms with Crippen LogP contribution in [0.2, 0.25) is 0 Å². The van der Waals surface area contributed by atoms with Crippen molar-refractivity contribution >= 4 is 23.9 Å². The molecule has 0 fully saturated rings. The van der Waals surface area contributed by atoms with E-state index in [9.17, 15) is 23.6 Å². The highest BCUT2D eigenvalue weighted by Crippen LogP contribution is 2.24. The number of esters is 2. The number of aliphatic carboxylic acids is 1. The molecule has 2 atom stereocenters. The fraction of sp³-hybridized carbons (Fsp3) is 0.765. The summed E-state index contributed by atoms with van der Waals surface area (Å²) in [7, 11) is 1.06. The van der Waals surface area contributed by atoms with Crippen molar-refractivity contribution in [3.05, 3.63) is 0 Å². The van der Waals surface area contributed by atoms with Crippen LogP contribution in [-0.2, 0) is 38.4 Å². The highest BCUT2D eigenvalue weighted by atomic mass is 19.1. The third kappa shape index (κ3) is 10.5. The fourth-order valence-corrected chi connectivity index (χ4v) is 1.91. The number of ether oxygens (including phenoxy) is 2. The first-order chi connectivity index (χ1) is 12.5. The van der Waals surface area contributed by atoms with Crippen LogP contribution in [0.3, 0.4) is 0 Å². The van der Waals surface area contributed by atoms with E-state index in [2.05, 4.69) is 9.62 Å². The number of methoxy groups -OCH3 is 1. The normalized spacial score (nSPS) is 13.4. The molecule has 10 heteroatoms. The third-order valence-electron chi connectivity index (χ3n) is 3.58. The molecule has 9 nitrogen and oxygen atoms in total. The van der Waals surface area contributed by atoms with E-state index in [4.69, 9.17) is 14.7 Å². The van der Waals surface area contributed by atoms with Gasteiger partial charge < -0.3 is 14.6 Å². The average molecular weight is 394 g/mol. The van der Waals surface area contributed by atoms with Crippen LogP contribution in [-0.4, -0.2) is 54.0 Å². The van der Waals surface area contributed by atoms with Crippen molar-refractivity contribution in [1.82, 2.24) is 0 Å². The summed E-state index contributed by atoms with van der Waals surface area (Å²) in [4.78, 5) is 54.2. The molecule has 156 valence electrons. The van der Waals surface area contributed by atoms with Gasteiger partial charge in [-0.3, -0.25) is 14.5 Å². The van der Waals surface area contributed by atoms with Crippen LogP contribution in [0.1, 0.15) is 59.3 Å². The average Bonchev–Trinajstić information content (AvgIpc) is 2.60. The number of carbonyl (C=O) groups excluding carboxylic acids is 3. The van der Waals surface area contributed by atoms with E-state index in [-0.39, 0.29) is 32.1 Å². The Bertz CT molecular complexity index is 519. The lowest BCUT2D eigenvalue weighted by Gasteiger charge is -2.29. The number of hydrogen-bond acceptors (Lipinski definition) is 8. The van der Waals surface area contributed by atoms with E-state index in [1.54, 1.807) is 6.92 Å². The Morgan fingerprint density at radius 2 is 1.67 bits per heavy atom. The summed E-state index contributed by atoms with van der Waals surface area (Å²) in [6, 6.07) is 0. The minimum atomic E-state index is -1.80. The summed E-state index contributed by atoms with van der Waals surface area (Å²) >= 11 is 0. The van der Waals surface area contributed by atoms with Crippen LogP contribution < -0.4 is 0 Å². The predicted molar refractivity (Wildman–Crippen MR) is 89.1 cm³/mol. The molecule has 0 bridgehead atoms. The first kappa shape index (κ1) is 24.8. The standard InChI is InChI=1S/C17H27FO9/c1-5-14(21)25-17(2,3)12(18)10-11(16(23)24-4)26-27-15(22)9-7-6-8-13(19)20/h11-12H,5-10H2,1-4H3,(H,19,20). The number of carboxylic acid groups (broad SMARTS) is 1. The van der Waals surface area contributed by atoms with Gasteiger partial charge in [-0.2, -0.15) is 4.89 Å². The highest BCUT2D eigenvalue weighted by Gasteiger charge is 2.38. The zero-order valence-corrected chi connectivity index (χ0v) is 16.0. The Balaban J connectivity index is 4.62. The van der Waals surface area contributed by atoms with Gasteiger partial charge >= 0.3 is 23.9 Å². The Morgan fingerprint density at radius 1 is 1.07 bits per heavy atom. The van der Waals surface area contributed by atoms with Gasteiger partial charge in [0.25, 0.3) is 0 Å². The number of halogens is 1. The summed E-state index contributed by atoms with van der Waals surface area (Å²) in [6.07, 6.45) is -3.54. The van der Waals surface area contributed by atoms with Gasteiger partial charge in [-0.25, -0.2) is 14.0 Å². The molecule has 0 aliphatic heterocycles. The van der Waals surface area contributed by atoms with Crippen molar-refractivity contribution in [2.75, 3.05) is 7.11 Å². The zero-order valence-electron chi connectivity index (χ0n) is 16.0. The molecule has 0 amide bonds. The monoisotopic (exact) mass is 394 g/mol. The van der Waals surface area contributed by atoms with Gasteiger partial charge in [0.05, 0.1) is 7.11 Å². The molecule has 0 radical (unpaired) electrons. The lowest BCUT2D eigenvalue weighted by molar-refractivity contribution is -0.299. The van der Waals surface area contributed by atoms with E-state index in [0.29, 0.717) is 0 Å². The molecule has 0 saturated heterocycles. The molecule has 0 aromatic heterocycles. The number of carbonyl (C=O) groups is 4. The van der Waals surface area contributed by atoms with Crippen LogP contribution in [0.5, 0.6) is 0 Å². The summed E-state index contributed by atoms with van der Waals surface area (Å²) in [6.45, 7) is 4.24. The SMILES string of the molecule is CCC(=O)OC(C)(C)C(F)CC(OOC(=O)CCCCC(=O)O)C(=O)OC. The number of hydrogen-bond donors (Lipinski definition) is 1. The molecule has 0 heterocycles. The summed E-state index contributed by atoms with van der Waals surface area (Å²) in [5, 5.41) is 8.50. The smallest absolute Gasteiger partial charge is 0.342 e. The first-order valence-electron chi connectivity index (χ1n) is 8.55. The van der Waals surface area contributed by atoms with Crippen LogP contribution in [0.25, 0.3) is 0 Å². The van der Waals surface area contributed by atoms with Gasteiger partial charge in [0, 0.05) is 25.7 Å². The molecule has 1 N–H and O–H groups in total. The van der Waals surface area contributed by atoms with E-state index >= 15 is 0 Å². The van der Waals surface area contributed by atoms with Crippen molar-refractivity contribution in [3.63, 3.8) is 0 Å². The van der Waals surface area contributed by atoms with Gasteiger partial charge in [0.15, 0.2) is 0 Å². The largest absolute Gasteiger partial charge is 0.481 e. The van der Waals surface area contributed by atoms with E-state index in [0.717, 1.165) is 7.11 Å². The second-order valence-corrected chi connectivity index (χ2v) is 6.30. The topological polar surface area (TPSA) is 125 Å².